The van der Waals surface area contributed by atoms with Gasteiger partial charge in [0, 0.05) is 0 Å². The number of aliphatic hydroxyl groups is 2. The van der Waals surface area contributed by atoms with Crippen LogP contribution >= 0.6 is 9.24 Å². The first-order chi connectivity index (χ1) is 5.93. The first-order valence-corrected chi connectivity index (χ1v) is 5.27. The zero-order valence-electron chi connectivity index (χ0n) is 8.29. The van der Waals surface area contributed by atoms with Crippen molar-refractivity contribution in [1.82, 2.24) is 0 Å². The van der Waals surface area contributed by atoms with E-state index in [-0.39, 0.29) is 13.2 Å². The molecule has 2 N–H and O–H groups in total. The van der Waals surface area contributed by atoms with Crippen molar-refractivity contribution in [2.45, 2.75) is 43.6 Å². The molecule has 0 spiro atoms. The third-order valence-corrected chi connectivity index (χ3v) is 3.02. The monoisotopic (exact) mass is 206 g/mol. The minimum Gasteiger partial charge on any atom is -0.393 e. The van der Waals surface area contributed by atoms with Gasteiger partial charge in [-0.3, -0.25) is 0 Å². The second kappa shape index (κ2) is 3.82. The number of ether oxygens (including phenoxy) is 1. The Balaban J connectivity index is 2.73. The fourth-order valence-electron chi connectivity index (χ4n) is 2.05. The van der Waals surface area contributed by atoms with E-state index in [1.165, 1.54) is 0 Å². The van der Waals surface area contributed by atoms with Gasteiger partial charge in [-0.1, -0.05) is 0 Å². The molecule has 2 unspecified atom stereocenters. The van der Waals surface area contributed by atoms with Gasteiger partial charge in [-0.2, -0.15) is 0 Å². The Hall–Kier alpha value is 0.310. The summed E-state index contributed by atoms with van der Waals surface area (Å²) in [7, 11) is 2.75. The van der Waals surface area contributed by atoms with Crippen LogP contribution in [0.5, 0.6) is 0 Å². The molecule has 0 radical (unpaired) electrons. The average molecular weight is 206 g/mol. The quantitative estimate of drug-likeness (QED) is 0.648. The first kappa shape index (κ1) is 11.4. The third kappa shape index (κ3) is 2.63. The van der Waals surface area contributed by atoms with Gasteiger partial charge in [-0.25, -0.2) is 0 Å². The molecule has 0 amide bonds. The number of hydrogen-bond acceptors (Lipinski definition) is 3. The van der Waals surface area contributed by atoms with E-state index in [0.717, 1.165) is 12.8 Å². The second-order valence-corrected chi connectivity index (χ2v) is 5.43. The van der Waals surface area contributed by atoms with Crippen molar-refractivity contribution in [3.63, 3.8) is 0 Å². The fraction of sp³-hybridized carbons (Fsp3) is 1.00. The van der Waals surface area contributed by atoms with E-state index in [4.69, 9.17) is 4.74 Å². The van der Waals surface area contributed by atoms with Crippen LogP contribution in [0.4, 0.5) is 0 Å². The van der Waals surface area contributed by atoms with Crippen LogP contribution in [0.3, 0.4) is 0 Å². The molecule has 1 aliphatic heterocycles. The van der Waals surface area contributed by atoms with Crippen molar-refractivity contribution >= 4 is 9.24 Å². The predicted octanol–water partition coefficient (Wildman–Crippen LogP) is 0.542. The third-order valence-electron chi connectivity index (χ3n) is 2.55. The van der Waals surface area contributed by atoms with E-state index >= 15 is 0 Å². The Morgan fingerprint density at radius 3 is 1.92 bits per heavy atom. The molecular formula is C9H19O3P. The van der Waals surface area contributed by atoms with Gasteiger partial charge in [0.2, 0.25) is 0 Å². The molecule has 0 aromatic carbocycles. The Bertz CT molecular complexity index is 170. The molecule has 1 fully saturated rings. The SMILES string of the molecule is C[C@]1(CO)CC(P)C[C@@](C)(CO)O1. The van der Waals surface area contributed by atoms with Crippen molar-refractivity contribution < 1.29 is 14.9 Å². The van der Waals surface area contributed by atoms with Gasteiger partial charge in [0.1, 0.15) is 0 Å². The smallest absolute Gasteiger partial charge is 0.0898 e. The Labute approximate surface area is 81.7 Å². The summed E-state index contributed by atoms with van der Waals surface area (Å²) >= 11 is 0. The van der Waals surface area contributed by atoms with Crippen LogP contribution in [0.15, 0.2) is 0 Å². The normalized spacial score (nSPS) is 46.4. The maximum Gasteiger partial charge on any atom is 0.0898 e. The lowest BCUT2D eigenvalue weighted by Gasteiger charge is -2.46. The minimum atomic E-state index is -0.498. The van der Waals surface area contributed by atoms with E-state index in [9.17, 15) is 10.2 Å². The van der Waals surface area contributed by atoms with Crippen LogP contribution in [0.25, 0.3) is 0 Å². The van der Waals surface area contributed by atoms with Crippen molar-refractivity contribution in [2.75, 3.05) is 13.2 Å². The lowest BCUT2D eigenvalue weighted by Crippen LogP contribution is -2.52. The molecule has 13 heavy (non-hydrogen) atoms. The fourth-order valence-corrected chi connectivity index (χ4v) is 3.05. The number of hydrogen-bond donors (Lipinski definition) is 2. The Morgan fingerprint density at radius 2 is 1.62 bits per heavy atom. The minimum absolute atomic E-state index is 0.00743. The largest absolute Gasteiger partial charge is 0.393 e. The molecule has 0 saturated carbocycles. The van der Waals surface area contributed by atoms with Crippen LogP contribution in [0.2, 0.25) is 0 Å². The summed E-state index contributed by atoms with van der Waals surface area (Å²) in [5.41, 5.74) is -0.590. The van der Waals surface area contributed by atoms with Crippen molar-refractivity contribution in [3.05, 3.63) is 0 Å². The topological polar surface area (TPSA) is 49.7 Å². The summed E-state index contributed by atoms with van der Waals surface area (Å²) in [4.78, 5) is 0. The molecule has 78 valence electrons. The number of rotatable bonds is 2. The highest BCUT2D eigenvalue weighted by atomic mass is 31.0. The Morgan fingerprint density at radius 1 is 1.23 bits per heavy atom. The molecule has 0 aromatic heterocycles. The molecule has 0 bridgehead atoms. The predicted molar refractivity (Wildman–Crippen MR) is 54.8 cm³/mol. The average Bonchev–Trinajstić information content (AvgIpc) is 2.02. The molecule has 4 atom stereocenters. The lowest BCUT2D eigenvalue weighted by atomic mass is 9.87. The molecule has 0 aromatic rings. The van der Waals surface area contributed by atoms with Crippen LogP contribution in [0.1, 0.15) is 26.7 Å². The standard InChI is InChI=1S/C9H19O3P/c1-8(5-10)3-7(13)4-9(2,6-11)12-8/h7,10-11H,3-6,13H2,1-2H3/t7?,8-,9+. The van der Waals surface area contributed by atoms with E-state index in [0.29, 0.717) is 5.66 Å². The van der Waals surface area contributed by atoms with Gasteiger partial charge in [0.15, 0.2) is 0 Å². The highest BCUT2D eigenvalue weighted by molar-refractivity contribution is 7.17. The van der Waals surface area contributed by atoms with Gasteiger partial charge in [-0.15, -0.1) is 9.24 Å². The summed E-state index contributed by atoms with van der Waals surface area (Å²) in [5.74, 6) is 0. The summed E-state index contributed by atoms with van der Waals surface area (Å²) < 4.78 is 5.72. The zero-order chi connectivity index (χ0) is 10.1. The van der Waals surface area contributed by atoms with Gasteiger partial charge < -0.3 is 14.9 Å². The van der Waals surface area contributed by atoms with Gasteiger partial charge in [0.25, 0.3) is 0 Å². The van der Waals surface area contributed by atoms with Gasteiger partial charge in [0.05, 0.1) is 24.4 Å². The van der Waals surface area contributed by atoms with Gasteiger partial charge >= 0.3 is 0 Å². The van der Waals surface area contributed by atoms with Gasteiger partial charge in [-0.05, 0) is 32.3 Å². The molecule has 3 nitrogen and oxygen atoms in total. The zero-order valence-corrected chi connectivity index (χ0v) is 9.44. The summed E-state index contributed by atoms with van der Waals surface area (Å²) in [6, 6.07) is 0. The van der Waals surface area contributed by atoms with E-state index in [2.05, 4.69) is 9.24 Å². The van der Waals surface area contributed by atoms with Crippen molar-refractivity contribution in [1.29, 1.82) is 0 Å². The van der Waals surface area contributed by atoms with Crippen LogP contribution in [-0.4, -0.2) is 40.3 Å². The maximum absolute atomic E-state index is 9.18. The molecule has 1 aliphatic rings. The molecule has 1 saturated heterocycles. The van der Waals surface area contributed by atoms with Crippen LogP contribution in [-0.2, 0) is 4.74 Å². The van der Waals surface area contributed by atoms with Crippen LogP contribution < -0.4 is 0 Å². The second-order valence-electron chi connectivity index (χ2n) is 4.49. The highest BCUT2D eigenvalue weighted by Crippen LogP contribution is 2.38. The Kier molecular flexibility index (Phi) is 3.34. The lowest BCUT2D eigenvalue weighted by molar-refractivity contribution is -0.200. The molecule has 4 heteroatoms. The maximum atomic E-state index is 9.18. The van der Waals surface area contributed by atoms with E-state index < -0.39 is 11.2 Å². The number of aliphatic hydroxyl groups excluding tert-OH is 2. The summed E-state index contributed by atoms with van der Waals surface area (Å²) in [6.45, 7) is 3.79. The molecule has 1 rings (SSSR count). The summed E-state index contributed by atoms with van der Waals surface area (Å²) in [6.07, 6.45) is 1.65. The molecular weight excluding hydrogens is 187 g/mol. The summed E-state index contributed by atoms with van der Waals surface area (Å²) in [5, 5.41) is 18.4. The van der Waals surface area contributed by atoms with Crippen LogP contribution in [0, 0.1) is 0 Å². The van der Waals surface area contributed by atoms with E-state index in [1.807, 2.05) is 13.8 Å². The molecule has 1 heterocycles. The van der Waals surface area contributed by atoms with Crippen molar-refractivity contribution in [3.8, 4) is 0 Å². The van der Waals surface area contributed by atoms with Crippen molar-refractivity contribution in [2.24, 2.45) is 0 Å². The first-order valence-electron chi connectivity index (χ1n) is 4.60. The van der Waals surface area contributed by atoms with E-state index in [1.54, 1.807) is 0 Å². The highest BCUT2D eigenvalue weighted by Gasteiger charge is 2.42. The molecule has 0 aliphatic carbocycles.